The molecule has 2 heterocycles. The van der Waals surface area contributed by atoms with Crippen molar-refractivity contribution in [3.8, 4) is 0 Å². The standard InChI is InChI=1S/C14H11BrN2O3/c15-7-14-17-16-13(20-14)4-3-11-6-10-2-1-9(8-18)5-12(10)19-11/h1-6,18H,7-8H2/b4-3-. The molecule has 0 unspecified atom stereocenters. The minimum absolute atomic E-state index is 0.000874. The normalized spacial score (nSPS) is 11.7. The van der Waals surface area contributed by atoms with Crippen molar-refractivity contribution in [3.05, 3.63) is 47.4 Å². The van der Waals surface area contributed by atoms with Crippen molar-refractivity contribution >= 4 is 39.1 Å². The fourth-order valence-corrected chi connectivity index (χ4v) is 2.04. The molecule has 0 aliphatic carbocycles. The zero-order chi connectivity index (χ0) is 13.9. The minimum atomic E-state index is -0.000874. The van der Waals surface area contributed by atoms with Gasteiger partial charge >= 0.3 is 0 Å². The third-order valence-corrected chi connectivity index (χ3v) is 3.25. The predicted molar refractivity (Wildman–Crippen MR) is 78.0 cm³/mol. The molecule has 0 aliphatic rings. The van der Waals surface area contributed by atoms with Crippen molar-refractivity contribution in [1.29, 1.82) is 0 Å². The molecule has 1 N–H and O–H groups in total. The molecule has 3 rings (SSSR count). The van der Waals surface area contributed by atoms with Gasteiger partial charge in [-0.1, -0.05) is 28.1 Å². The number of aromatic nitrogens is 2. The largest absolute Gasteiger partial charge is 0.457 e. The number of fused-ring (bicyclic) bond motifs is 1. The lowest BCUT2D eigenvalue weighted by Gasteiger charge is -1.93. The van der Waals surface area contributed by atoms with E-state index < -0.39 is 0 Å². The summed E-state index contributed by atoms with van der Waals surface area (Å²) in [5.74, 6) is 1.64. The van der Waals surface area contributed by atoms with Crippen LogP contribution in [-0.2, 0) is 11.9 Å². The molecule has 0 aliphatic heterocycles. The van der Waals surface area contributed by atoms with Gasteiger partial charge in [-0.05, 0) is 23.8 Å². The highest BCUT2D eigenvalue weighted by molar-refractivity contribution is 9.08. The lowest BCUT2D eigenvalue weighted by Crippen LogP contribution is -1.79. The average Bonchev–Trinajstić information content (AvgIpc) is 3.10. The zero-order valence-corrected chi connectivity index (χ0v) is 12.0. The van der Waals surface area contributed by atoms with E-state index in [1.54, 1.807) is 12.2 Å². The topological polar surface area (TPSA) is 72.3 Å². The van der Waals surface area contributed by atoms with Crippen LogP contribution in [0.2, 0.25) is 0 Å². The molecular weight excluding hydrogens is 324 g/mol. The summed E-state index contributed by atoms with van der Waals surface area (Å²) in [6.07, 6.45) is 3.47. The molecular formula is C14H11BrN2O3. The average molecular weight is 335 g/mol. The summed E-state index contributed by atoms with van der Waals surface area (Å²) in [6, 6.07) is 7.51. The molecule has 0 saturated heterocycles. The van der Waals surface area contributed by atoms with Crippen LogP contribution in [0.4, 0.5) is 0 Å². The van der Waals surface area contributed by atoms with Crippen molar-refractivity contribution in [3.63, 3.8) is 0 Å². The van der Waals surface area contributed by atoms with Crippen LogP contribution in [-0.4, -0.2) is 15.3 Å². The molecule has 0 atom stereocenters. The number of aliphatic hydroxyl groups excluding tert-OH is 1. The maximum Gasteiger partial charge on any atom is 0.240 e. The lowest BCUT2D eigenvalue weighted by molar-refractivity contribution is 0.282. The fourth-order valence-electron chi connectivity index (χ4n) is 1.82. The Morgan fingerprint density at radius 1 is 1.15 bits per heavy atom. The summed E-state index contributed by atoms with van der Waals surface area (Å²) in [5.41, 5.74) is 1.56. The van der Waals surface area contributed by atoms with Crippen LogP contribution in [0.3, 0.4) is 0 Å². The van der Waals surface area contributed by atoms with Crippen LogP contribution < -0.4 is 0 Å². The number of furan rings is 1. The first-order valence-electron chi connectivity index (χ1n) is 5.98. The molecule has 0 spiro atoms. The van der Waals surface area contributed by atoms with Crippen LogP contribution in [0.1, 0.15) is 23.1 Å². The first-order valence-corrected chi connectivity index (χ1v) is 7.10. The van der Waals surface area contributed by atoms with E-state index in [2.05, 4.69) is 26.1 Å². The van der Waals surface area contributed by atoms with Crippen molar-refractivity contribution in [2.24, 2.45) is 0 Å². The van der Waals surface area contributed by atoms with Crippen LogP contribution in [0.25, 0.3) is 23.1 Å². The van der Waals surface area contributed by atoms with E-state index in [4.69, 9.17) is 13.9 Å². The molecule has 6 heteroatoms. The summed E-state index contributed by atoms with van der Waals surface area (Å²) in [4.78, 5) is 0. The van der Waals surface area contributed by atoms with Crippen LogP contribution >= 0.6 is 15.9 Å². The summed E-state index contributed by atoms with van der Waals surface area (Å²) in [6.45, 7) is -0.000874. The van der Waals surface area contributed by atoms with Gasteiger partial charge in [0.25, 0.3) is 0 Å². The zero-order valence-electron chi connectivity index (χ0n) is 10.4. The summed E-state index contributed by atoms with van der Waals surface area (Å²) in [7, 11) is 0. The van der Waals surface area contributed by atoms with Crippen LogP contribution in [0, 0.1) is 0 Å². The third-order valence-electron chi connectivity index (χ3n) is 2.77. The molecule has 3 aromatic rings. The van der Waals surface area contributed by atoms with Gasteiger partial charge in [0.05, 0.1) is 11.9 Å². The van der Waals surface area contributed by atoms with Gasteiger partial charge in [-0.15, -0.1) is 10.2 Å². The summed E-state index contributed by atoms with van der Waals surface area (Å²) < 4.78 is 11.0. The monoisotopic (exact) mass is 334 g/mol. The van der Waals surface area contributed by atoms with Crippen molar-refractivity contribution in [1.82, 2.24) is 10.2 Å². The highest BCUT2D eigenvalue weighted by Crippen LogP contribution is 2.22. The Hall–Kier alpha value is -1.92. The first kappa shape index (κ1) is 13.1. The fraction of sp³-hybridized carbons (Fsp3) is 0.143. The Balaban J connectivity index is 1.86. The Labute approximate surface area is 123 Å². The molecule has 102 valence electrons. The Bertz CT molecular complexity index is 761. The SMILES string of the molecule is OCc1ccc2cc(/C=C\c3nnc(CBr)o3)oc2c1. The molecule has 0 amide bonds. The van der Waals surface area contributed by atoms with E-state index in [1.165, 1.54) is 0 Å². The number of hydrogen-bond acceptors (Lipinski definition) is 5. The summed E-state index contributed by atoms with van der Waals surface area (Å²) in [5, 5.41) is 18.3. The van der Waals surface area contributed by atoms with E-state index >= 15 is 0 Å². The smallest absolute Gasteiger partial charge is 0.240 e. The molecule has 2 aromatic heterocycles. The molecule has 20 heavy (non-hydrogen) atoms. The minimum Gasteiger partial charge on any atom is -0.457 e. The maximum absolute atomic E-state index is 9.09. The lowest BCUT2D eigenvalue weighted by atomic mass is 10.2. The number of aliphatic hydroxyl groups is 1. The number of nitrogens with zero attached hydrogens (tertiary/aromatic N) is 2. The Morgan fingerprint density at radius 2 is 2.05 bits per heavy atom. The van der Waals surface area contributed by atoms with E-state index in [9.17, 15) is 0 Å². The highest BCUT2D eigenvalue weighted by Gasteiger charge is 2.04. The van der Waals surface area contributed by atoms with Gasteiger partial charge in [-0.25, -0.2) is 0 Å². The van der Waals surface area contributed by atoms with Crippen molar-refractivity contribution in [2.75, 3.05) is 0 Å². The molecule has 0 saturated carbocycles. The first-order chi connectivity index (χ1) is 9.78. The van der Waals surface area contributed by atoms with Gasteiger partial charge in [-0.3, -0.25) is 0 Å². The summed E-state index contributed by atoms with van der Waals surface area (Å²) >= 11 is 3.24. The van der Waals surface area contributed by atoms with E-state index in [-0.39, 0.29) is 6.61 Å². The Kier molecular flexibility index (Phi) is 3.66. The van der Waals surface area contributed by atoms with Crippen molar-refractivity contribution in [2.45, 2.75) is 11.9 Å². The number of alkyl halides is 1. The molecule has 5 nitrogen and oxygen atoms in total. The molecule has 0 radical (unpaired) electrons. The van der Waals surface area contributed by atoms with Gasteiger partial charge in [0.1, 0.15) is 11.3 Å². The van der Waals surface area contributed by atoms with E-state index in [0.717, 1.165) is 16.5 Å². The highest BCUT2D eigenvalue weighted by atomic mass is 79.9. The van der Waals surface area contributed by atoms with Crippen molar-refractivity contribution < 1.29 is 13.9 Å². The maximum atomic E-state index is 9.09. The Morgan fingerprint density at radius 3 is 2.80 bits per heavy atom. The number of benzene rings is 1. The van der Waals surface area contributed by atoms with E-state index in [1.807, 2.05) is 24.3 Å². The second-order valence-electron chi connectivity index (χ2n) is 4.18. The molecule has 0 fully saturated rings. The molecule has 0 bridgehead atoms. The third kappa shape index (κ3) is 2.66. The quantitative estimate of drug-likeness (QED) is 0.740. The number of halogens is 1. The number of hydrogen-bond donors (Lipinski definition) is 1. The van der Waals surface area contributed by atoms with Gasteiger partial charge in [0.15, 0.2) is 0 Å². The van der Waals surface area contributed by atoms with Gasteiger partial charge < -0.3 is 13.9 Å². The van der Waals surface area contributed by atoms with E-state index in [0.29, 0.717) is 22.9 Å². The van der Waals surface area contributed by atoms with Gasteiger partial charge in [-0.2, -0.15) is 0 Å². The molecule has 1 aromatic carbocycles. The van der Waals surface area contributed by atoms with Crippen LogP contribution in [0.15, 0.2) is 33.1 Å². The van der Waals surface area contributed by atoms with Gasteiger partial charge in [0.2, 0.25) is 11.8 Å². The second-order valence-corrected chi connectivity index (χ2v) is 4.74. The van der Waals surface area contributed by atoms with Gasteiger partial charge in [0, 0.05) is 11.5 Å². The van der Waals surface area contributed by atoms with Crippen LogP contribution in [0.5, 0.6) is 0 Å². The number of rotatable bonds is 4. The predicted octanol–water partition coefficient (Wildman–Crippen LogP) is 3.37. The second kappa shape index (κ2) is 5.60.